The van der Waals surface area contributed by atoms with Gasteiger partial charge in [-0.25, -0.2) is 0 Å². The smallest absolute Gasteiger partial charge is 0.232 e. The molecule has 0 amide bonds. The number of carbonyl (C=O) groups is 1. The Labute approximate surface area is 181 Å². The van der Waals surface area contributed by atoms with E-state index in [1.165, 1.54) is 6.42 Å². The van der Waals surface area contributed by atoms with Crippen LogP contribution in [0.25, 0.3) is 17.0 Å². The van der Waals surface area contributed by atoms with Crippen molar-refractivity contribution >= 4 is 22.8 Å². The molecular formula is C26H27NO4. The Kier molecular flexibility index (Phi) is 4.86. The summed E-state index contributed by atoms with van der Waals surface area (Å²) in [6, 6.07) is 11.3. The maximum Gasteiger partial charge on any atom is 0.232 e. The zero-order valence-electron chi connectivity index (χ0n) is 18.1. The molecule has 0 aliphatic carbocycles. The van der Waals surface area contributed by atoms with Crippen LogP contribution in [0.1, 0.15) is 47.5 Å². The van der Waals surface area contributed by atoms with Gasteiger partial charge in [0.1, 0.15) is 22.8 Å². The quantitative estimate of drug-likeness (QED) is 0.567. The van der Waals surface area contributed by atoms with Crippen molar-refractivity contribution in [2.45, 2.75) is 33.7 Å². The molecule has 3 heterocycles. The fraction of sp³-hybridized carbons (Fsp3) is 0.346. The molecule has 0 saturated carbocycles. The topological polar surface area (TPSA) is 62.9 Å². The van der Waals surface area contributed by atoms with Crippen molar-refractivity contribution < 1.29 is 19.1 Å². The van der Waals surface area contributed by atoms with E-state index in [1.54, 1.807) is 12.1 Å². The van der Waals surface area contributed by atoms with E-state index >= 15 is 0 Å². The Balaban J connectivity index is 1.50. The van der Waals surface area contributed by atoms with Crippen molar-refractivity contribution in [2.24, 2.45) is 11.8 Å². The first kappa shape index (κ1) is 19.9. The molecule has 2 atom stereocenters. The molecule has 5 rings (SSSR count). The third kappa shape index (κ3) is 3.63. The number of benzene rings is 2. The first-order valence-electron chi connectivity index (χ1n) is 10.9. The van der Waals surface area contributed by atoms with Crippen molar-refractivity contribution in [2.75, 3.05) is 13.1 Å². The van der Waals surface area contributed by atoms with Gasteiger partial charge in [-0.15, -0.1) is 0 Å². The monoisotopic (exact) mass is 417 g/mol. The van der Waals surface area contributed by atoms with E-state index in [0.29, 0.717) is 41.0 Å². The number of rotatable bonds is 3. The van der Waals surface area contributed by atoms with Gasteiger partial charge < -0.3 is 14.3 Å². The van der Waals surface area contributed by atoms with Gasteiger partial charge in [-0.1, -0.05) is 32.0 Å². The van der Waals surface area contributed by atoms with E-state index in [-0.39, 0.29) is 17.3 Å². The number of carbonyl (C=O) groups excluding carboxylic acids is 1. The second kappa shape index (κ2) is 7.57. The van der Waals surface area contributed by atoms with Gasteiger partial charge in [-0.05, 0) is 48.9 Å². The van der Waals surface area contributed by atoms with Crippen LogP contribution in [0.5, 0.6) is 11.5 Å². The van der Waals surface area contributed by atoms with Crippen LogP contribution in [0.3, 0.4) is 0 Å². The van der Waals surface area contributed by atoms with Crippen LogP contribution in [-0.4, -0.2) is 28.9 Å². The molecule has 0 unspecified atom stereocenters. The average Bonchev–Trinajstić information content (AvgIpc) is 3.25. The molecule has 5 heteroatoms. The second-order valence-electron chi connectivity index (χ2n) is 9.16. The molecular weight excluding hydrogens is 390 g/mol. The molecule has 0 radical (unpaired) electrons. The number of hydrogen-bond acceptors (Lipinski definition) is 5. The minimum atomic E-state index is -0.172. The fourth-order valence-corrected chi connectivity index (χ4v) is 5.08. The fourth-order valence-electron chi connectivity index (χ4n) is 5.08. The number of aryl methyl sites for hydroxylation is 1. The number of ether oxygens (including phenoxy) is 1. The van der Waals surface area contributed by atoms with Gasteiger partial charge in [-0.3, -0.25) is 9.69 Å². The lowest BCUT2D eigenvalue weighted by Gasteiger charge is -2.35. The summed E-state index contributed by atoms with van der Waals surface area (Å²) in [5, 5.41) is 11.7. The largest absolute Gasteiger partial charge is 0.507 e. The van der Waals surface area contributed by atoms with Crippen molar-refractivity contribution in [3.8, 4) is 11.5 Å². The minimum absolute atomic E-state index is 0.172. The van der Waals surface area contributed by atoms with Gasteiger partial charge in [0.25, 0.3) is 0 Å². The molecule has 1 aromatic heterocycles. The number of hydrogen-bond donors (Lipinski definition) is 1. The number of piperidine rings is 1. The van der Waals surface area contributed by atoms with Crippen LogP contribution < -0.4 is 4.74 Å². The number of nitrogens with zero attached hydrogens (tertiary/aromatic N) is 1. The maximum atomic E-state index is 13.2. The zero-order chi connectivity index (χ0) is 21.7. The van der Waals surface area contributed by atoms with Crippen LogP contribution >= 0.6 is 0 Å². The summed E-state index contributed by atoms with van der Waals surface area (Å²) in [6.45, 7) is 8.86. The van der Waals surface area contributed by atoms with Gasteiger partial charge in [0, 0.05) is 31.1 Å². The molecule has 2 aliphatic heterocycles. The SMILES string of the molecule is Cc1cc(O)c(CN2C[C@H](C)C[C@@H](C)C2)c2c1C(=O)C(=Cc1cc3ccccc3o1)O2. The molecule has 1 saturated heterocycles. The van der Waals surface area contributed by atoms with Crippen LogP contribution in [0.15, 0.2) is 46.6 Å². The van der Waals surface area contributed by atoms with E-state index in [9.17, 15) is 9.90 Å². The van der Waals surface area contributed by atoms with E-state index in [1.807, 2.05) is 37.3 Å². The highest BCUT2D eigenvalue weighted by molar-refractivity contribution is 6.15. The lowest BCUT2D eigenvalue weighted by molar-refractivity contribution is 0.101. The first-order valence-corrected chi connectivity index (χ1v) is 10.9. The van der Waals surface area contributed by atoms with Gasteiger partial charge in [-0.2, -0.15) is 0 Å². The number of fused-ring (bicyclic) bond motifs is 2. The van der Waals surface area contributed by atoms with Gasteiger partial charge in [0.05, 0.1) is 11.1 Å². The van der Waals surface area contributed by atoms with E-state index in [0.717, 1.165) is 29.6 Å². The predicted octanol–water partition coefficient (Wildman–Crippen LogP) is 5.54. The Morgan fingerprint density at radius 2 is 1.90 bits per heavy atom. The summed E-state index contributed by atoms with van der Waals surface area (Å²) in [7, 11) is 0. The first-order chi connectivity index (χ1) is 14.9. The minimum Gasteiger partial charge on any atom is -0.507 e. The number of likely N-dealkylation sites (tertiary alicyclic amines) is 1. The van der Waals surface area contributed by atoms with Crippen LogP contribution in [0.4, 0.5) is 0 Å². The Morgan fingerprint density at radius 1 is 1.16 bits per heavy atom. The van der Waals surface area contributed by atoms with E-state index in [4.69, 9.17) is 9.15 Å². The zero-order valence-corrected chi connectivity index (χ0v) is 18.1. The molecule has 160 valence electrons. The summed E-state index contributed by atoms with van der Waals surface area (Å²) >= 11 is 0. The number of Topliss-reactive ketones (excluding diaryl/α,β-unsaturated/α-hetero) is 1. The summed E-state index contributed by atoms with van der Waals surface area (Å²) in [5.74, 6) is 2.50. The molecule has 31 heavy (non-hydrogen) atoms. The van der Waals surface area contributed by atoms with Crippen LogP contribution in [-0.2, 0) is 6.54 Å². The standard InChI is InChI=1S/C26H27NO4/c1-15-8-16(2)13-27(12-15)14-20-21(28)9-17(3)24-25(29)23(31-26(20)24)11-19-10-18-6-4-5-7-22(18)30-19/h4-7,9-11,15-16,28H,8,12-14H2,1-3H3/t15-,16-/m1/s1. The molecule has 2 aliphatic rings. The average molecular weight is 418 g/mol. The van der Waals surface area contributed by atoms with Crippen LogP contribution in [0.2, 0.25) is 0 Å². The molecule has 2 aromatic carbocycles. The number of para-hydroxylation sites is 1. The molecule has 5 nitrogen and oxygen atoms in total. The lowest BCUT2D eigenvalue weighted by atomic mass is 9.91. The maximum absolute atomic E-state index is 13.2. The predicted molar refractivity (Wildman–Crippen MR) is 120 cm³/mol. The third-order valence-corrected chi connectivity index (χ3v) is 6.26. The van der Waals surface area contributed by atoms with Crippen molar-refractivity contribution in [3.63, 3.8) is 0 Å². The van der Waals surface area contributed by atoms with E-state index in [2.05, 4.69) is 18.7 Å². The number of allylic oxidation sites excluding steroid dienone is 1. The van der Waals surface area contributed by atoms with Crippen molar-refractivity contribution in [1.29, 1.82) is 0 Å². The number of furan rings is 1. The highest BCUT2D eigenvalue weighted by Crippen LogP contribution is 2.43. The number of phenols is 1. The van der Waals surface area contributed by atoms with Gasteiger partial charge in [0.2, 0.25) is 5.78 Å². The van der Waals surface area contributed by atoms with Crippen molar-refractivity contribution in [3.05, 3.63) is 64.6 Å². The summed E-state index contributed by atoms with van der Waals surface area (Å²) < 4.78 is 11.9. The molecule has 0 spiro atoms. The Hall–Kier alpha value is -3.05. The Bertz CT molecular complexity index is 1160. The number of aromatic hydroxyl groups is 1. The highest BCUT2D eigenvalue weighted by atomic mass is 16.5. The van der Waals surface area contributed by atoms with Crippen LogP contribution in [0, 0.1) is 18.8 Å². The number of phenolic OH excluding ortho intramolecular Hbond substituents is 1. The summed E-state index contributed by atoms with van der Waals surface area (Å²) in [6.07, 6.45) is 2.86. The van der Waals surface area contributed by atoms with E-state index < -0.39 is 0 Å². The number of ketones is 1. The summed E-state index contributed by atoms with van der Waals surface area (Å²) in [5.41, 5.74) is 2.70. The molecule has 0 bridgehead atoms. The molecule has 3 aromatic rings. The lowest BCUT2D eigenvalue weighted by Crippen LogP contribution is -2.38. The van der Waals surface area contributed by atoms with Crippen molar-refractivity contribution in [1.82, 2.24) is 4.90 Å². The Morgan fingerprint density at radius 3 is 2.65 bits per heavy atom. The molecule has 1 N–H and O–H groups in total. The van der Waals surface area contributed by atoms with Gasteiger partial charge >= 0.3 is 0 Å². The second-order valence-corrected chi connectivity index (χ2v) is 9.16. The normalized spacial score (nSPS) is 22.8. The highest BCUT2D eigenvalue weighted by Gasteiger charge is 2.34. The summed E-state index contributed by atoms with van der Waals surface area (Å²) in [4.78, 5) is 15.5. The van der Waals surface area contributed by atoms with Gasteiger partial charge in [0.15, 0.2) is 5.76 Å². The molecule has 1 fully saturated rings. The third-order valence-electron chi connectivity index (χ3n) is 6.26.